The number of hydrogen-bond donors (Lipinski definition) is 2. The lowest BCUT2D eigenvalue weighted by atomic mass is 9.96. The Labute approximate surface area is 122 Å². The monoisotopic (exact) mass is 290 g/mol. The van der Waals surface area contributed by atoms with E-state index < -0.39 is 12.1 Å². The van der Waals surface area contributed by atoms with Crippen molar-refractivity contribution in [2.45, 2.75) is 18.9 Å². The van der Waals surface area contributed by atoms with Gasteiger partial charge < -0.3 is 20.1 Å². The molecule has 0 bridgehead atoms. The number of carbonyl (C=O) groups is 2. The third kappa shape index (κ3) is 2.64. The molecule has 0 aromatic heterocycles. The fourth-order valence-electron chi connectivity index (χ4n) is 2.95. The topological polar surface area (TPSA) is 78.9 Å². The highest BCUT2D eigenvalue weighted by Gasteiger charge is 2.31. The summed E-state index contributed by atoms with van der Waals surface area (Å²) in [6, 6.07) is 5.09. The second-order valence-corrected chi connectivity index (χ2v) is 5.27. The third-order valence-electron chi connectivity index (χ3n) is 3.95. The molecule has 1 aromatic rings. The maximum absolute atomic E-state index is 12.6. The molecule has 2 N–H and O–H groups in total. The van der Waals surface area contributed by atoms with Crippen LogP contribution in [-0.4, -0.2) is 49.3 Å². The molecule has 0 radical (unpaired) electrons. The predicted octanol–water partition coefficient (Wildman–Crippen LogP) is 0.652. The number of morpholine rings is 1. The molecule has 0 saturated carbocycles. The zero-order valence-corrected chi connectivity index (χ0v) is 11.7. The van der Waals surface area contributed by atoms with Gasteiger partial charge in [-0.25, -0.2) is 4.79 Å². The van der Waals surface area contributed by atoms with Crippen LogP contribution in [0.1, 0.15) is 22.3 Å². The summed E-state index contributed by atoms with van der Waals surface area (Å²) in [4.78, 5) is 25.6. The summed E-state index contributed by atoms with van der Waals surface area (Å²) >= 11 is 0. The highest BCUT2D eigenvalue weighted by Crippen LogP contribution is 2.30. The third-order valence-corrected chi connectivity index (χ3v) is 3.95. The lowest BCUT2D eigenvalue weighted by Gasteiger charge is -2.34. The number of anilines is 1. The second kappa shape index (κ2) is 5.83. The van der Waals surface area contributed by atoms with Gasteiger partial charge in [-0.2, -0.15) is 0 Å². The predicted molar refractivity (Wildman–Crippen MR) is 76.7 cm³/mol. The molecule has 1 aromatic carbocycles. The molecular weight excluding hydrogens is 272 g/mol. The van der Waals surface area contributed by atoms with Crippen LogP contribution in [0.5, 0.6) is 0 Å². The zero-order chi connectivity index (χ0) is 14.8. The Hall–Kier alpha value is -1.92. The van der Waals surface area contributed by atoms with Gasteiger partial charge in [-0.05, 0) is 30.5 Å². The Morgan fingerprint density at radius 1 is 1.38 bits per heavy atom. The van der Waals surface area contributed by atoms with Crippen molar-refractivity contribution in [2.24, 2.45) is 0 Å². The molecule has 2 heterocycles. The van der Waals surface area contributed by atoms with Gasteiger partial charge in [-0.1, -0.05) is 6.07 Å². The van der Waals surface area contributed by atoms with Crippen LogP contribution in [0, 0.1) is 0 Å². The Kier molecular flexibility index (Phi) is 3.90. The van der Waals surface area contributed by atoms with Crippen molar-refractivity contribution in [3.8, 4) is 0 Å². The number of carbonyl (C=O) groups excluding carboxylic acids is 1. The van der Waals surface area contributed by atoms with E-state index in [1.165, 1.54) is 0 Å². The first-order valence-electron chi connectivity index (χ1n) is 7.17. The first-order chi connectivity index (χ1) is 10.2. The Morgan fingerprint density at radius 2 is 2.24 bits per heavy atom. The van der Waals surface area contributed by atoms with Gasteiger partial charge in [0.15, 0.2) is 0 Å². The van der Waals surface area contributed by atoms with E-state index in [1.807, 2.05) is 6.07 Å². The number of ether oxygens (including phenoxy) is 1. The normalized spacial score (nSPS) is 21.7. The summed E-state index contributed by atoms with van der Waals surface area (Å²) in [5.74, 6) is -1.04. The van der Waals surface area contributed by atoms with E-state index in [2.05, 4.69) is 5.32 Å². The second-order valence-electron chi connectivity index (χ2n) is 5.27. The molecule has 6 nitrogen and oxygen atoms in total. The standard InChI is InChI=1S/C15H18N2O4/c18-14(13-9-16-6-8-21-13)17-7-2-4-10-11(15(19)20)3-1-5-12(10)17/h1,3,5,13,16H,2,4,6-9H2,(H,19,20). The smallest absolute Gasteiger partial charge is 0.336 e. The van der Waals surface area contributed by atoms with Gasteiger partial charge in [-0.15, -0.1) is 0 Å². The van der Waals surface area contributed by atoms with Crippen LogP contribution < -0.4 is 10.2 Å². The van der Waals surface area contributed by atoms with E-state index in [1.54, 1.807) is 17.0 Å². The molecular formula is C15H18N2O4. The van der Waals surface area contributed by atoms with Crippen molar-refractivity contribution in [1.29, 1.82) is 0 Å². The average molecular weight is 290 g/mol. The lowest BCUT2D eigenvalue weighted by molar-refractivity contribution is -0.131. The molecule has 1 saturated heterocycles. The number of rotatable bonds is 2. The maximum atomic E-state index is 12.6. The fourth-order valence-corrected chi connectivity index (χ4v) is 2.95. The Balaban J connectivity index is 1.91. The van der Waals surface area contributed by atoms with Gasteiger partial charge >= 0.3 is 5.97 Å². The largest absolute Gasteiger partial charge is 0.478 e. The number of hydrogen-bond acceptors (Lipinski definition) is 4. The first-order valence-corrected chi connectivity index (χ1v) is 7.17. The van der Waals surface area contributed by atoms with Gasteiger partial charge in [0.1, 0.15) is 6.10 Å². The number of nitrogens with zero attached hydrogens (tertiary/aromatic N) is 1. The van der Waals surface area contributed by atoms with Crippen LogP contribution in [0.2, 0.25) is 0 Å². The number of fused-ring (bicyclic) bond motifs is 1. The highest BCUT2D eigenvalue weighted by molar-refractivity contribution is 6.00. The minimum absolute atomic E-state index is 0.0920. The Bertz CT molecular complexity index is 567. The number of nitrogens with one attached hydrogen (secondary N) is 1. The van der Waals surface area contributed by atoms with Crippen molar-refractivity contribution < 1.29 is 19.4 Å². The van der Waals surface area contributed by atoms with E-state index in [0.717, 1.165) is 18.5 Å². The molecule has 1 unspecified atom stereocenters. The minimum Gasteiger partial charge on any atom is -0.478 e. The molecule has 3 rings (SSSR count). The van der Waals surface area contributed by atoms with Crippen LogP contribution in [0.25, 0.3) is 0 Å². The van der Waals surface area contributed by atoms with E-state index in [4.69, 9.17) is 4.74 Å². The quantitative estimate of drug-likeness (QED) is 0.836. The average Bonchev–Trinajstić information content (AvgIpc) is 2.53. The SMILES string of the molecule is O=C(O)c1cccc2c1CCCN2C(=O)C1CNCCO1. The van der Waals surface area contributed by atoms with Gasteiger partial charge in [0.2, 0.25) is 0 Å². The van der Waals surface area contributed by atoms with E-state index in [0.29, 0.717) is 31.8 Å². The van der Waals surface area contributed by atoms with Gasteiger partial charge in [-0.3, -0.25) is 4.79 Å². The summed E-state index contributed by atoms with van der Waals surface area (Å²) in [6.45, 7) is 2.38. The molecule has 0 spiro atoms. The number of amides is 1. The van der Waals surface area contributed by atoms with Crippen LogP contribution in [0.15, 0.2) is 18.2 Å². The van der Waals surface area contributed by atoms with Crippen molar-refractivity contribution >= 4 is 17.6 Å². The van der Waals surface area contributed by atoms with Gasteiger partial charge in [0.05, 0.1) is 12.2 Å². The van der Waals surface area contributed by atoms with Crippen molar-refractivity contribution in [1.82, 2.24) is 5.32 Å². The number of aromatic carboxylic acids is 1. The number of benzene rings is 1. The summed E-state index contributed by atoms with van der Waals surface area (Å²) in [6.07, 6.45) is 0.965. The summed E-state index contributed by atoms with van der Waals surface area (Å²) in [5.41, 5.74) is 1.74. The fraction of sp³-hybridized carbons (Fsp3) is 0.467. The van der Waals surface area contributed by atoms with Crippen molar-refractivity contribution in [3.63, 3.8) is 0 Å². The van der Waals surface area contributed by atoms with E-state index >= 15 is 0 Å². The molecule has 2 aliphatic rings. The van der Waals surface area contributed by atoms with Crippen LogP contribution in [-0.2, 0) is 16.0 Å². The minimum atomic E-state index is -0.947. The van der Waals surface area contributed by atoms with Gasteiger partial charge in [0, 0.05) is 25.3 Å². The van der Waals surface area contributed by atoms with E-state index in [9.17, 15) is 14.7 Å². The molecule has 1 atom stereocenters. The molecule has 112 valence electrons. The molecule has 1 amide bonds. The van der Waals surface area contributed by atoms with Crippen LogP contribution in [0.4, 0.5) is 5.69 Å². The maximum Gasteiger partial charge on any atom is 0.336 e. The lowest BCUT2D eigenvalue weighted by Crippen LogP contribution is -2.50. The van der Waals surface area contributed by atoms with Crippen LogP contribution >= 0.6 is 0 Å². The molecule has 21 heavy (non-hydrogen) atoms. The molecule has 0 aliphatic carbocycles. The molecule has 2 aliphatic heterocycles. The number of carboxylic acid groups (broad SMARTS) is 1. The summed E-state index contributed by atoms with van der Waals surface area (Å²) < 4.78 is 5.52. The molecule has 6 heteroatoms. The molecule has 1 fully saturated rings. The zero-order valence-electron chi connectivity index (χ0n) is 11.7. The highest BCUT2D eigenvalue weighted by atomic mass is 16.5. The number of carboxylic acids is 1. The summed E-state index contributed by atoms with van der Waals surface area (Å²) in [7, 11) is 0. The summed E-state index contributed by atoms with van der Waals surface area (Å²) in [5, 5.41) is 12.4. The van der Waals surface area contributed by atoms with Crippen molar-refractivity contribution in [3.05, 3.63) is 29.3 Å². The first kappa shape index (κ1) is 14.0. The van der Waals surface area contributed by atoms with Crippen LogP contribution in [0.3, 0.4) is 0 Å². The van der Waals surface area contributed by atoms with Crippen molar-refractivity contribution in [2.75, 3.05) is 31.1 Å². The van der Waals surface area contributed by atoms with E-state index in [-0.39, 0.29) is 11.5 Å². The Morgan fingerprint density at radius 3 is 2.95 bits per heavy atom. The van der Waals surface area contributed by atoms with Gasteiger partial charge in [0.25, 0.3) is 5.91 Å².